The first-order valence-electron chi connectivity index (χ1n) is 7.50. The Labute approximate surface area is 133 Å². The first-order valence-corrected chi connectivity index (χ1v) is 7.50. The molecule has 1 aromatic heterocycles. The molecule has 23 heavy (non-hydrogen) atoms. The molecule has 3 aromatic rings. The fraction of sp³-hybridized carbons (Fsp3) is 0.278. The standard InChI is InChI=1S/C18H19NO4/c1-11(10-20)19-9-12-3-6-16-15(7-12)18(21)14-5-4-13(22-2)8-17(14)23-16/h3-8,11,19-20H,9-10H2,1-2H3/t11-/m1/s1. The molecule has 5 heteroatoms. The second kappa shape index (κ2) is 6.40. The zero-order chi connectivity index (χ0) is 16.4. The van der Waals surface area contributed by atoms with E-state index in [2.05, 4.69) is 5.32 Å². The Balaban J connectivity index is 2.07. The van der Waals surface area contributed by atoms with E-state index in [9.17, 15) is 4.79 Å². The van der Waals surface area contributed by atoms with E-state index in [4.69, 9.17) is 14.3 Å². The number of aliphatic hydroxyl groups is 1. The third-order valence-electron chi connectivity index (χ3n) is 3.87. The number of nitrogens with one attached hydrogen (secondary N) is 1. The smallest absolute Gasteiger partial charge is 0.200 e. The van der Waals surface area contributed by atoms with Crippen molar-refractivity contribution in [2.24, 2.45) is 0 Å². The number of rotatable bonds is 5. The largest absolute Gasteiger partial charge is 0.497 e. The van der Waals surface area contributed by atoms with Gasteiger partial charge in [0.1, 0.15) is 16.9 Å². The summed E-state index contributed by atoms with van der Waals surface area (Å²) < 4.78 is 11.0. The Bertz CT molecular complexity index is 901. The summed E-state index contributed by atoms with van der Waals surface area (Å²) in [4.78, 5) is 12.7. The van der Waals surface area contributed by atoms with Gasteiger partial charge < -0.3 is 19.6 Å². The predicted molar refractivity (Wildman–Crippen MR) is 89.9 cm³/mol. The summed E-state index contributed by atoms with van der Waals surface area (Å²) in [5, 5.41) is 13.3. The first kappa shape index (κ1) is 15.5. The van der Waals surface area contributed by atoms with Crippen molar-refractivity contribution in [3.05, 3.63) is 52.2 Å². The van der Waals surface area contributed by atoms with Gasteiger partial charge in [0, 0.05) is 18.7 Å². The lowest BCUT2D eigenvalue weighted by Gasteiger charge is -2.11. The van der Waals surface area contributed by atoms with E-state index < -0.39 is 0 Å². The molecular weight excluding hydrogens is 294 g/mol. The number of methoxy groups -OCH3 is 1. The number of ether oxygens (including phenoxy) is 1. The lowest BCUT2D eigenvalue weighted by Crippen LogP contribution is -2.28. The van der Waals surface area contributed by atoms with Gasteiger partial charge in [-0.25, -0.2) is 0 Å². The van der Waals surface area contributed by atoms with Crippen LogP contribution in [0.3, 0.4) is 0 Å². The van der Waals surface area contributed by atoms with E-state index in [-0.39, 0.29) is 18.1 Å². The molecule has 5 nitrogen and oxygen atoms in total. The molecule has 0 saturated carbocycles. The van der Waals surface area contributed by atoms with E-state index >= 15 is 0 Å². The third-order valence-corrected chi connectivity index (χ3v) is 3.87. The van der Waals surface area contributed by atoms with Gasteiger partial charge in [0.2, 0.25) is 5.43 Å². The fourth-order valence-electron chi connectivity index (χ4n) is 2.48. The van der Waals surface area contributed by atoms with E-state index in [1.165, 1.54) is 0 Å². The monoisotopic (exact) mass is 313 g/mol. The van der Waals surface area contributed by atoms with Crippen LogP contribution in [0.2, 0.25) is 0 Å². The van der Waals surface area contributed by atoms with Crippen molar-refractivity contribution in [3.63, 3.8) is 0 Å². The Hall–Kier alpha value is -2.37. The second-order valence-corrected chi connectivity index (χ2v) is 5.59. The maximum atomic E-state index is 12.7. The molecule has 2 N–H and O–H groups in total. The molecule has 0 spiro atoms. The predicted octanol–water partition coefficient (Wildman–Crippen LogP) is 2.43. The van der Waals surface area contributed by atoms with Gasteiger partial charge in [0.05, 0.1) is 24.5 Å². The molecule has 0 bridgehead atoms. The molecule has 1 heterocycles. The van der Waals surface area contributed by atoms with Crippen LogP contribution in [0.15, 0.2) is 45.6 Å². The minimum Gasteiger partial charge on any atom is -0.497 e. The van der Waals surface area contributed by atoms with Crippen molar-refractivity contribution < 1.29 is 14.3 Å². The molecule has 0 aliphatic heterocycles. The van der Waals surface area contributed by atoms with Gasteiger partial charge in [-0.1, -0.05) is 6.07 Å². The molecule has 0 fully saturated rings. The van der Waals surface area contributed by atoms with Crippen LogP contribution in [0.5, 0.6) is 5.75 Å². The van der Waals surface area contributed by atoms with Gasteiger partial charge in [-0.05, 0) is 36.8 Å². The highest BCUT2D eigenvalue weighted by atomic mass is 16.5. The highest BCUT2D eigenvalue weighted by molar-refractivity contribution is 5.90. The van der Waals surface area contributed by atoms with Crippen LogP contribution in [0.4, 0.5) is 0 Å². The Kier molecular flexibility index (Phi) is 4.32. The Morgan fingerprint density at radius 1 is 1.17 bits per heavy atom. The second-order valence-electron chi connectivity index (χ2n) is 5.59. The SMILES string of the molecule is COc1ccc2c(=O)c3cc(CN[C@H](C)CO)ccc3oc2c1. The average molecular weight is 313 g/mol. The van der Waals surface area contributed by atoms with Crippen molar-refractivity contribution in [2.45, 2.75) is 19.5 Å². The van der Waals surface area contributed by atoms with Gasteiger partial charge in [-0.2, -0.15) is 0 Å². The zero-order valence-electron chi connectivity index (χ0n) is 13.1. The van der Waals surface area contributed by atoms with Crippen LogP contribution < -0.4 is 15.5 Å². The highest BCUT2D eigenvalue weighted by Crippen LogP contribution is 2.23. The van der Waals surface area contributed by atoms with Gasteiger partial charge in [0.25, 0.3) is 0 Å². The molecule has 0 aliphatic carbocycles. The number of fused-ring (bicyclic) bond motifs is 2. The van der Waals surface area contributed by atoms with Crippen molar-refractivity contribution in [1.29, 1.82) is 0 Å². The van der Waals surface area contributed by atoms with E-state index in [1.807, 2.05) is 19.1 Å². The Morgan fingerprint density at radius 3 is 2.74 bits per heavy atom. The van der Waals surface area contributed by atoms with Crippen molar-refractivity contribution in [3.8, 4) is 5.75 Å². The number of aliphatic hydroxyl groups excluding tert-OH is 1. The lowest BCUT2D eigenvalue weighted by molar-refractivity contribution is 0.251. The lowest BCUT2D eigenvalue weighted by atomic mass is 10.1. The summed E-state index contributed by atoms with van der Waals surface area (Å²) in [6, 6.07) is 10.7. The summed E-state index contributed by atoms with van der Waals surface area (Å²) in [6.45, 7) is 2.55. The first-order chi connectivity index (χ1) is 11.1. The maximum absolute atomic E-state index is 12.7. The normalized spacial score (nSPS) is 12.7. The summed E-state index contributed by atoms with van der Waals surface area (Å²) in [5.41, 5.74) is 1.98. The summed E-state index contributed by atoms with van der Waals surface area (Å²) in [5.74, 6) is 0.652. The van der Waals surface area contributed by atoms with Crippen LogP contribution in [0.1, 0.15) is 12.5 Å². The molecular formula is C18H19NO4. The average Bonchev–Trinajstić information content (AvgIpc) is 2.59. The number of benzene rings is 2. The zero-order valence-corrected chi connectivity index (χ0v) is 13.1. The molecule has 2 aromatic carbocycles. The van der Waals surface area contributed by atoms with Crippen molar-refractivity contribution in [1.82, 2.24) is 5.32 Å². The summed E-state index contributed by atoms with van der Waals surface area (Å²) in [6.07, 6.45) is 0. The summed E-state index contributed by atoms with van der Waals surface area (Å²) >= 11 is 0. The van der Waals surface area contributed by atoms with Crippen molar-refractivity contribution in [2.75, 3.05) is 13.7 Å². The van der Waals surface area contributed by atoms with Gasteiger partial charge in [-0.15, -0.1) is 0 Å². The van der Waals surface area contributed by atoms with Gasteiger partial charge >= 0.3 is 0 Å². The topological polar surface area (TPSA) is 71.7 Å². The van der Waals surface area contributed by atoms with Crippen LogP contribution >= 0.6 is 0 Å². The maximum Gasteiger partial charge on any atom is 0.200 e. The Morgan fingerprint density at radius 2 is 2.00 bits per heavy atom. The molecule has 1 atom stereocenters. The summed E-state index contributed by atoms with van der Waals surface area (Å²) in [7, 11) is 1.58. The fourth-order valence-corrected chi connectivity index (χ4v) is 2.48. The molecule has 0 saturated heterocycles. The highest BCUT2D eigenvalue weighted by Gasteiger charge is 2.10. The van der Waals surface area contributed by atoms with E-state index in [0.29, 0.717) is 34.2 Å². The van der Waals surface area contributed by atoms with Gasteiger partial charge in [0.15, 0.2) is 0 Å². The quantitative estimate of drug-likeness (QED) is 0.708. The van der Waals surface area contributed by atoms with E-state index in [1.54, 1.807) is 31.4 Å². The van der Waals surface area contributed by atoms with Crippen LogP contribution in [-0.2, 0) is 6.54 Å². The van der Waals surface area contributed by atoms with Crippen molar-refractivity contribution >= 4 is 21.9 Å². The molecule has 120 valence electrons. The van der Waals surface area contributed by atoms with Gasteiger partial charge in [-0.3, -0.25) is 4.79 Å². The third kappa shape index (κ3) is 3.06. The molecule has 0 radical (unpaired) electrons. The van der Waals surface area contributed by atoms with Crippen LogP contribution in [0, 0.1) is 0 Å². The molecule has 3 rings (SSSR count). The number of hydrogen-bond acceptors (Lipinski definition) is 5. The molecule has 0 unspecified atom stereocenters. The van der Waals surface area contributed by atoms with Crippen LogP contribution in [-0.4, -0.2) is 24.9 Å². The molecule has 0 amide bonds. The molecule has 0 aliphatic rings. The minimum atomic E-state index is -0.0547. The number of hydrogen-bond donors (Lipinski definition) is 2. The van der Waals surface area contributed by atoms with E-state index in [0.717, 1.165) is 5.56 Å². The van der Waals surface area contributed by atoms with Crippen LogP contribution in [0.25, 0.3) is 21.9 Å². The minimum absolute atomic E-state index is 0.00572.